The molecule has 0 saturated carbocycles. The minimum absolute atomic E-state index is 0.0410. The topological polar surface area (TPSA) is 91.5 Å². The smallest absolute Gasteiger partial charge is 0.410 e. The summed E-state index contributed by atoms with van der Waals surface area (Å²) < 4.78 is 7.56. The molecule has 0 radical (unpaired) electrons. The van der Waals surface area contributed by atoms with E-state index < -0.39 is 5.41 Å². The van der Waals surface area contributed by atoms with E-state index in [1.165, 1.54) is 0 Å². The van der Waals surface area contributed by atoms with Gasteiger partial charge in [0.15, 0.2) is 0 Å². The SMILES string of the molecule is CC(C)OC(=O)N1CCC2(CC1)C(=O)N(Cc1cc3cc(Cl)ccc3n1CCCC#N)c1cnccc12. The zero-order valence-corrected chi connectivity index (χ0v) is 21.9. The van der Waals surface area contributed by atoms with Gasteiger partial charge in [0.2, 0.25) is 5.91 Å². The van der Waals surface area contributed by atoms with Crippen LogP contribution in [0.2, 0.25) is 5.02 Å². The van der Waals surface area contributed by atoms with Gasteiger partial charge in [-0.3, -0.25) is 9.78 Å². The Hall–Kier alpha value is -3.57. The molecular formula is C28H30ClN5O3. The summed E-state index contributed by atoms with van der Waals surface area (Å²) in [7, 11) is 0. The van der Waals surface area contributed by atoms with Crippen LogP contribution in [0.4, 0.5) is 10.5 Å². The van der Waals surface area contributed by atoms with Crippen LogP contribution >= 0.6 is 11.6 Å². The lowest BCUT2D eigenvalue weighted by Gasteiger charge is -2.38. The number of benzene rings is 1. The first-order chi connectivity index (χ1) is 17.8. The Labute approximate surface area is 221 Å². The van der Waals surface area contributed by atoms with E-state index in [0.717, 1.165) is 27.8 Å². The molecular weight excluding hydrogens is 490 g/mol. The third-order valence-corrected chi connectivity index (χ3v) is 7.65. The molecule has 5 rings (SSSR count). The van der Waals surface area contributed by atoms with Crippen molar-refractivity contribution >= 4 is 40.2 Å². The van der Waals surface area contributed by atoms with Crippen LogP contribution in [0.5, 0.6) is 0 Å². The number of hydrogen-bond donors (Lipinski definition) is 0. The van der Waals surface area contributed by atoms with Crippen molar-refractivity contribution in [1.29, 1.82) is 5.26 Å². The lowest BCUT2D eigenvalue weighted by atomic mass is 9.74. The van der Waals surface area contributed by atoms with E-state index in [1.54, 1.807) is 17.3 Å². The molecule has 2 aliphatic heterocycles. The normalized spacial score (nSPS) is 16.5. The number of unbranched alkanes of at least 4 members (excludes halogenated alkanes) is 1. The van der Waals surface area contributed by atoms with Crippen molar-refractivity contribution in [3.63, 3.8) is 0 Å². The van der Waals surface area contributed by atoms with Crippen LogP contribution in [0.1, 0.15) is 50.8 Å². The number of aromatic nitrogens is 2. The number of carbonyl (C=O) groups excluding carboxylic acids is 2. The first-order valence-corrected chi connectivity index (χ1v) is 13.1. The first-order valence-electron chi connectivity index (χ1n) is 12.7. The maximum atomic E-state index is 14.1. The summed E-state index contributed by atoms with van der Waals surface area (Å²) in [5, 5.41) is 10.7. The highest BCUT2D eigenvalue weighted by Gasteiger charge is 2.52. The molecule has 1 fully saturated rings. The Balaban J connectivity index is 1.45. The number of ether oxygens (including phenoxy) is 1. The molecule has 0 atom stereocenters. The number of anilines is 1. The van der Waals surface area contributed by atoms with E-state index in [-0.39, 0.29) is 18.1 Å². The molecule has 0 bridgehead atoms. The van der Waals surface area contributed by atoms with Gasteiger partial charge in [0.05, 0.1) is 36.0 Å². The number of amides is 2. The van der Waals surface area contributed by atoms with E-state index in [2.05, 4.69) is 21.7 Å². The molecule has 37 heavy (non-hydrogen) atoms. The van der Waals surface area contributed by atoms with Crippen molar-refractivity contribution in [3.8, 4) is 6.07 Å². The molecule has 2 aromatic heterocycles. The van der Waals surface area contributed by atoms with Crippen LogP contribution in [0, 0.1) is 11.3 Å². The maximum Gasteiger partial charge on any atom is 0.410 e. The number of nitriles is 1. The van der Waals surface area contributed by atoms with Gasteiger partial charge in [0.25, 0.3) is 0 Å². The Morgan fingerprint density at radius 3 is 2.76 bits per heavy atom. The van der Waals surface area contributed by atoms with Crippen LogP contribution < -0.4 is 4.90 Å². The highest BCUT2D eigenvalue weighted by molar-refractivity contribution is 6.31. The highest BCUT2D eigenvalue weighted by Crippen LogP contribution is 2.48. The molecule has 0 N–H and O–H groups in total. The molecule has 192 valence electrons. The van der Waals surface area contributed by atoms with Gasteiger partial charge in [-0.15, -0.1) is 0 Å². The average molecular weight is 520 g/mol. The van der Waals surface area contributed by atoms with Gasteiger partial charge < -0.3 is 19.1 Å². The largest absolute Gasteiger partial charge is 0.447 e. The number of halogens is 1. The molecule has 0 aliphatic carbocycles. The monoisotopic (exact) mass is 519 g/mol. The van der Waals surface area contributed by atoms with Crippen LogP contribution in [-0.4, -0.2) is 45.6 Å². The molecule has 2 aliphatic rings. The van der Waals surface area contributed by atoms with Gasteiger partial charge in [0.1, 0.15) is 0 Å². The second-order valence-corrected chi connectivity index (χ2v) is 10.5. The predicted molar refractivity (Wildman–Crippen MR) is 141 cm³/mol. The highest BCUT2D eigenvalue weighted by atomic mass is 35.5. The number of fused-ring (bicyclic) bond motifs is 3. The molecule has 9 heteroatoms. The Morgan fingerprint density at radius 2 is 2.03 bits per heavy atom. The van der Waals surface area contributed by atoms with Crippen molar-refractivity contribution in [2.75, 3.05) is 18.0 Å². The summed E-state index contributed by atoms with van der Waals surface area (Å²) >= 11 is 6.26. The van der Waals surface area contributed by atoms with Gasteiger partial charge in [-0.05, 0) is 69.0 Å². The van der Waals surface area contributed by atoms with Crippen LogP contribution in [-0.2, 0) is 28.0 Å². The summed E-state index contributed by atoms with van der Waals surface area (Å²) in [6.07, 6.45) is 5.23. The average Bonchev–Trinajstić information content (AvgIpc) is 3.32. The number of piperidine rings is 1. The summed E-state index contributed by atoms with van der Waals surface area (Å²) in [6.45, 7) is 5.64. The zero-order chi connectivity index (χ0) is 26.2. The van der Waals surface area contributed by atoms with Crippen LogP contribution in [0.3, 0.4) is 0 Å². The second kappa shape index (κ2) is 10.1. The van der Waals surface area contributed by atoms with E-state index >= 15 is 0 Å². The third kappa shape index (κ3) is 4.53. The molecule has 2 amide bonds. The van der Waals surface area contributed by atoms with E-state index in [4.69, 9.17) is 21.6 Å². The lowest BCUT2D eigenvalue weighted by molar-refractivity contribution is -0.125. The van der Waals surface area contributed by atoms with Gasteiger partial charge in [-0.2, -0.15) is 5.26 Å². The van der Waals surface area contributed by atoms with Gasteiger partial charge >= 0.3 is 6.09 Å². The number of pyridine rings is 1. The quantitative estimate of drug-likeness (QED) is 0.405. The summed E-state index contributed by atoms with van der Waals surface area (Å²) in [5.74, 6) is 0.0410. The minimum atomic E-state index is -0.687. The van der Waals surface area contributed by atoms with E-state index in [0.29, 0.717) is 56.9 Å². The standard InChI is InChI=1S/C28H30ClN5O3/c1-19(2)37-27(36)32-13-8-28(9-14-32)23-7-11-31-17-25(23)34(26(28)35)18-22-16-20-15-21(29)5-6-24(20)33(22)12-4-3-10-30/h5-7,11,15-17,19H,3-4,8-9,12-14,18H2,1-2H3. The second-order valence-electron chi connectivity index (χ2n) is 10.0. The van der Waals surface area contributed by atoms with Crippen molar-refractivity contribution in [3.05, 3.63) is 59.0 Å². The van der Waals surface area contributed by atoms with Crippen molar-refractivity contribution < 1.29 is 14.3 Å². The number of likely N-dealkylation sites (tertiary alicyclic amines) is 1. The van der Waals surface area contributed by atoms with Crippen molar-refractivity contribution in [2.45, 2.75) is 64.1 Å². The summed E-state index contributed by atoms with van der Waals surface area (Å²) in [6, 6.07) is 12.0. The zero-order valence-electron chi connectivity index (χ0n) is 21.1. The molecule has 1 spiro atoms. The van der Waals surface area contributed by atoms with Gasteiger partial charge in [-0.25, -0.2) is 4.79 Å². The molecule has 0 unspecified atom stereocenters. The Bertz CT molecular complexity index is 1380. The predicted octanol–water partition coefficient (Wildman–Crippen LogP) is 5.42. The fourth-order valence-corrected chi connectivity index (χ4v) is 5.83. The van der Waals surface area contributed by atoms with Crippen LogP contribution in [0.15, 0.2) is 42.7 Å². The van der Waals surface area contributed by atoms with Crippen molar-refractivity contribution in [2.24, 2.45) is 0 Å². The first kappa shape index (κ1) is 25.1. The fourth-order valence-electron chi connectivity index (χ4n) is 5.65. The summed E-state index contributed by atoms with van der Waals surface area (Å²) in [5.41, 5.74) is 3.11. The maximum absolute atomic E-state index is 14.1. The number of aryl methyl sites for hydroxylation is 1. The lowest BCUT2D eigenvalue weighted by Crippen LogP contribution is -2.50. The number of carbonyl (C=O) groups is 2. The third-order valence-electron chi connectivity index (χ3n) is 7.41. The van der Waals surface area contributed by atoms with Gasteiger partial charge in [-0.1, -0.05) is 11.6 Å². The van der Waals surface area contributed by atoms with Gasteiger partial charge in [0, 0.05) is 53.9 Å². The minimum Gasteiger partial charge on any atom is -0.447 e. The molecule has 1 aromatic carbocycles. The molecule has 3 aromatic rings. The Kier molecular flexibility index (Phi) is 6.82. The number of hydrogen-bond acceptors (Lipinski definition) is 5. The molecule has 8 nitrogen and oxygen atoms in total. The van der Waals surface area contributed by atoms with E-state index in [1.807, 2.05) is 43.0 Å². The van der Waals surface area contributed by atoms with E-state index in [9.17, 15) is 9.59 Å². The van der Waals surface area contributed by atoms with Crippen molar-refractivity contribution in [1.82, 2.24) is 14.5 Å². The summed E-state index contributed by atoms with van der Waals surface area (Å²) in [4.78, 5) is 34.5. The number of rotatable bonds is 6. The molecule has 1 saturated heterocycles. The Morgan fingerprint density at radius 1 is 1.24 bits per heavy atom. The molecule has 4 heterocycles. The fraction of sp³-hybridized carbons (Fsp3) is 0.429. The number of nitrogens with zero attached hydrogens (tertiary/aromatic N) is 5. The van der Waals surface area contributed by atoms with Crippen LogP contribution in [0.25, 0.3) is 10.9 Å².